The van der Waals surface area contributed by atoms with Crippen LogP contribution in [0, 0.1) is 5.82 Å². The number of hydrogen-bond donors (Lipinski definition) is 2. The van der Waals surface area contributed by atoms with Crippen molar-refractivity contribution >= 4 is 37.5 Å². The van der Waals surface area contributed by atoms with Crippen LogP contribution >= 0.6 is 0 Å². The Labute approximate surface area is 209 Å². The maximum atomic E-state index is 13.5. The lowest BCUT2D eigenvalue weighted by molar-refractivity contribution is 0.0636. The molecule has 1 aliphatic carbocycles. The summed E-state index contributed by atoms with van der Waals surface area (Å²) in [6.45, 7) is 4.78. The van der Waals surface area contributed by atoms with E-state index in [2.05, 4.69) is 10.0 Å². The number of nitrogens with zero attached hydrogens (tertiary/aromatic N) is 1. The number of anilines is 2. The highest BCUT2D eigenvalue weighted by Crippen LogP contribution is 2.39. The summed E-state index contributed by atoms with van der Waals surface area (Å²) in [6, 6.07) is 8.79. The Bertz CT molecular complexity index is 1350. The Morgan fingerprint density at radius 3 is 2.39 bits per heavy atom. The Morgan fingerprint density at radius 2 is 1.78 bits per heavy atom. The minimum atomic E-state index is -4.19. The molecule has 0 spiro atoms. The van der Waals surface area contributed by atoms with E-state index >= 15 is 0 Å². The number of ether oxygens (including phenoxy) is 2. The number of carbonyl (C=O) groups excluding carboxylic acids is 1. The number of benzene rings is 2. The van der Waals surface area contributed by atoms with Crippen molar-refractivity contribution in [3.8, 4) is 5.75 Å². The van der Waals surface area contributed by atoms with Crippen molar-refractivity contribution in [2.45, 2.75) is 55.5 Å². The summed E-state index contributed by atoms with van der Waals surface area (Å²) in [5.41, 5.74) is -0.339. The van der Waals surface area contributed by atoms with Crippen LogP contribution in [-0.2, 0) is 24.8 Å². The fourth-order valence-corrected chi connectivity index (χ4v) is 6.49. The molecule has 13 heteroatoms. The predicted octanol–water partition coefficient (Wildman–Crippen LogP) is 3.21. The number of halogens is 1. The molecule has 1 heterocycles. The quantitative estimate of drug-likeness (QED) is 0.550. The molecule has 1 fully saturated rings. The van der Waals surface area contributed by atoms with Gasteiger partial charge in [-0.25, -0.2) is 30.7 Å². The minimum absolute atomic E-state index is 0.133. The van der Waals surface area contributed by atoms with Gasteiger partial charge in [0.25, 0.3) is 10.0 Å². The number of sulfonamides is 2. The van der Waals surface area contributed by atoms with Gasteiger partial charge >= 0.3 is 6.09 Å². The molecule has 1 saturated carbocycles. The van der Waals surface area contributed by atoms with E-state index in [0.29, 0.717) is 12.8 Å². The molecule has 0 saturated heterocycles. The van der Waals surface area contributed by atoms with Crippen LogP contribution in [0.3, 0.4) is 0 Å². The average Bonchev–Trinajstić information content (AvgIpc) is 3.62. The minimum Gasteiger partial charge on any atom is -0.485 e. The molecule has 2 N–H and O–H groups in total. The van der Waals surface area contributed by atoms with Gasteiger partial charge in [0, 0.05) is 12.2 Å². The third-order valence-corrected chi connectivity index (χ3v) is 9.13. The van der Waals surface area contributed by atoms with E-state index in [1.165, 1.54) is 18.2 Å². The fraction of sp³-hybridized carbons (Fsp3) is 0.435. The third kappa shape index (κ3) is 6.08. The zero-order valence-electron chi connectivity index (χ0n) is 20.0. The molecule has 1 atom stereocenters. The first-order valence-corrected chi connectivity index (χ1v) is 14.3. The van der Waals surface area contributed by atoms with Crippen LogP contribution in [0.15, 0.2) is 47.4 Å². The number of nitrogens with one attached hydrogen (secondary N) is 2. The molecule has 1 amide bonds. The van der Waals surface area contributed by atoms with Crippen LogP contribution < -0.4 is 19.1 Å². The van der Waals surface area contributed by atoms with Gasteiger partial charge < -0.3 is 9.47 Å². The van der Waals surface area contributed by atoms with Crippen LogP contribution in [0.25, 0.3) is 0 Å². The van der Waals surface area contributed by atoms with E-state index in [0.717, 1.165) is 28.6 Å². The van der Waals surface area contributed by atoms with Gasteiger partial charge in [0.05, 0.1) is 22.4 Å². The lowest BCUT2D eigenvalue weighted by Crippen LogP contribution is -2.48. The Balaban J connectivity index is 1.65. The van der Waals surface area contributed by atoms with Gasteiger partial charge in [0.2, 0.25) is 10.0 Å². The molecule has 2 aliphatic rings. The number of carbonyl (C=O) groups is 1. The smallest absolute Gasteiger partial charge is 0.412 e. The van der Waals surface area contributed by atoms with Crippen LogP contribution in [0.2, 0.25) is 0 Å². The van der Waals surface area contributed by atoms with Gasteiger partial charge in [-0.05, 0) is 76.1 Å². The number of hydrogen-bond acceptors (Lipinski definition) is 7. The molecular formula is C23H28FN3O7S2. The Kier molecular flexibility index (Phi) is 6.92. The monoisotopic (exact) mass is 541 g/mol. The van der Waals surface area contributed by atoms with Crippen molar-refractivity contribution in [1.29, 1.82) is 0 Å². The van der Waals surface area contributed by atoms with Gasteiger partial charge in [-0.15, -0.1) is 0 Å². The highest BCUT2D eigenvalue weighted by molar-refractivity contribution is 7.92. The number of amides is 1. The zero-order valence-corrected chi connectivity index (χ0v) is 21.7. The second-order valence-electron chi connectivity index (χ2n) is 9.63. The van der Waals surface area contributed by atoms with Crippen molar-refractivity contribution in [3.05, 3.63) is 48.3 Å². The van der Waals surface area contributed by atoms with Crippen molar-refractivity contribution in [2.24, 2.45) is 0 Å². The maximum Gasteiger partial charge on any atom is 0.412 e. The first-order valence-electron chi connectivity index (χ1n) is 11.3. The van der Waals surface area contributed by atoms with Crippen molar-refractivity contribution in [2.75, 3.05) is 22.7 Å². The summed E-state index contributed by atoms with van der Waals surface area (Å²) in [4.78, 5) is 12.1. The van der Waals surface area contributed by atoms with Crippen LogP contribution in [0.5, 0.6) is 5.75 Å². The van der Waals surface area contributed by atoms with Gasteiger partial charge in [-0.3, -0.25) is 9.62 Å². The van der Waals surface area contributed by atoms with Crippen molar-refractivity contribution in [1.82, 2.24) is 4.72 Å². The summed E-state index contributed by atoms with van der Waals surface area (Å²) in [5, 5.41) is 2.13. The van der Waals surface area contributed by atoms with Crippen LogP contribution in [0.1, 0.15) is 33.6 Å². The summed E-state index contributed by atoms with van der Waals surface area (Å²) >= 11 is 0. The molecule has 0 unspecified atom stereocenters. The summed E-state index contributed by atoms with van der Waals surface area (Å²) in [5.74, 6) is -0.412. The topological polar surface area (TPSA) is 131 Å². The van der Waals surface area contributed by atoms with Crippen LogP contribution in [0.4, 0.5) is 20.6 Å². The largest absolute Gasteiger partial charge is 0.485 e. The molecule has 0 radical (unpaired) electrons. The lowest BCUT2D eigenvalue weighted by Gasteiger charge is -2.35. The third-order valence-electron chi connectivity index (χ3n) is 5.41. The van der Waals surface area contributed by atoms with Crippen molar-refractivity contribution in [3.63, 3.8) is 0 Å². The first kappa shape index (κ1) is 26.2. The van der Waals surface area contributed by atoms with E-state index in [4.69, 9.17) is 9.47 Å². The van der Waals surface area contributed by atoms with Gasteiger partial charge in [0.15, 0.2) is 0 Å². The number of rotatable bonds is 7. The lowest BCUT2D eigenvalue weighted by atomic mass is 10.2. The summed E-state index contributed by atoms with van der Waals surface area (Å²) in [6.07, 6.45) is -0.380. The average molecular weight is 542 g/mol. The molecular weight excluding hydrogens is 513 g/mol. The molecule has 196 valence electrons. The Hall–Kier alpha value is -2.90. The van der Waals surface area contributed by atoms with E-state index in [9.17, 15) is 26.0 Å². The summed E-state index contributed by atoms with van der Waals surface area (Å²) < 4.78 is 79.8. The highest BCUT2D eigenvalue weighted by atomic mass is 32.2. The van der Waals surface area contributed by atoms with Crippen LogP contribution in [-0.4, -0.2) is 53.0 Å². The van der Waals surface area contributed by atoms with Gasteiger partial charge in [-0.1, -0.05) is 0 Å². The molecule has 4 rings (SSSR count). The molecule has 0 aromatic heterocycles. The van der Waals surface area contributed by atoms with Gasteiger partial charge in [-0.2, -0.15) is 0 Å². The molecule has 10 nitrogen and oxygen atoms in total. The predicted molar refractivity (Wildman–Crippen MR) is 132 cm³/mol. The highest BCUT2D eigenvalue weighted by Gasteiger charge is 2.38. The normalized spacial score (nSPS) is 18.2. The SMILES string of the molecule is CC(C)(C)OC(=O)Nc1ccc2c(c1)N(S(=O)(=O)c1ccc(F)cc1)C[C@H](CNS(=O)(=O)C1CC1)O2. The second-order valence-corrected chi connectivity index (χ2v) is 13.5. The molecule has 36 heavy (non-hydrogen) atoms. The van der Waals surface area contributed by atoms with E-state index in [1.54, 1.807) is 20.8 Å². The van der Waals surface area contributed by atoms with E-state index in [1.807, 2.05) is 0 Å². The summed E-state index contributed by atoms with van der Waals surface area (Å²) in [7, 11) is -7.70. The van der Waals surface area contributed by atoms with E-state index in [-0.39, 0.29) is 35.1 Å². The fourth-order valence-electron chi connectivity index (χ4n) is 3.58. The molecule has 2 aromatic rings. The molecule has 0 bridgehead atoms. The molecule has 2 aromatic carbocycles. The maximum absolute atomic E-state index is 13.5. The second kappa shape index (κ2) is 9.52. The zero-order chi connectivity index (χ0) is 26.3. The first-order chi connectivity index (χ1) is 16.7. The molecule has 1 aliphatic heterocycles. The van der Waals surface area contributed by atoms with E-state index < -0.39 is 48.9 Å². The van der Waals surface area contributed by atoms with Crippen molar-refractivity contribution < 1.29 is 35.5 Å². The van der Waals surface area contributed by atoms with Gasteiger partial charge in [0.1, 0.15) is 23.3 Å². The standard InChI is InChI=1S/C23H28FN3O7S2/c1-23(2,3)34-22(28)26-16-6-11-21-20(12-16)27(36(31,32)19-7-4-15(24)5-8-19)14-17(33-21)13-25-35(29,30)18-9-10-18/h4-8,11-12,17-18,25H,9-10,13-14H2,1-3H3,(H,26,28)/t17-/m0/s1. The Morgan fingerprint density at radius 1 is 1.11 bits per heavy atom. The number of fused-ring (bicyclic) bond motifs is 1.